The average Bonchev–Trinajstić information content (AvgIpc) is 2.83. The molecule has 0 aliphatic heterocycles. The van der Waals surface area contributed by atoms with Gasteiger partial charge in [-0.1, -0.05) is 12.1 Å². The summed E-state index contributed by atoms with van der Waals surface area (Å²) in [6, 6.07) is 7.14. The number of halogens is 1. The topological polar surface area (TPSA) is 27.1 Å². The molecular formula is C12H11FN2O. The molecule has 1 aromatic heterocycles. The zero-order valence-corrected chi connectivity index (χ0v) is 8.80. The molecule has 0 radical (unpaired) electrons. The molecule has 0 bridgehead atoms. The highest BCUT2D eigenvalue weighted by Crippen LogP contribution is 2.16. The maximum Gasteiger partial charge on any atom is 0.199 e. The van der Waals surface area contributed by atoms with E-state index in [0.29, 0.717) is 0 Å². The fourth-order valence-corrected chi connectivity index (χ4v) is 1.30. The summed E-state index contributed by atoms with van der Waals surface area (Å²) >= 11 is 0. The number of methoxy groups -OCH3 is 1. The molecule has 0 N–H and O–H groups in total. The van der Waals surface area contributed by atoms with Crippen molar-refractivity contribution in [1.82, 2.24) is 9.55 Å². The van der Waals surface area contributed by atoms with Crippen molar-refractivity contribution in [2.75, 3.05) is 7.11 Å². The predicted octanol–water partition coefficient (Wildman–Crippen LogP) is 2.82. The highest BCUT2D eigenvalue weighted by molar-refractivity contribution is 5.66. The van der Waals surface area contributed by atoms with Crippen LogP contribution in [0.15, 0.2) is 43.0 Å². The summed E-state index contributed by atoms with van der Waals surface area (Å²) in [6.07, 6.45) is 5.92. The van der Waals surface area contributed by atoms with Crippen LogP contribution in [-0.4, -0.2) is 16.7 Å². The van der Waals surface area contributed by atoms with Crippen LogP contribution in [0.2, 0.25) is 0 Å². The van der Waals surface area contributed by atoms with E-state index >= 15 is 0 Å². The minimum absolute atomic E-state index is 0.373. The third-order valence-electron chi connectivity index (χ3n) is 2.15. The Morgan fingerprint density at radius 1 is 1.38 bits per heavy atom. The molecule has 0 aliphatic carbocycles. The molecule has 0 saturated carbocycles. The van der Waals surface area contributed by atoms with Gasteiger partial charge in [-0.2, -0.15) is 4.39 Å². The molecule has 0 amide bonds. The van der Waals surface area contributed by atoms with Crippen LogP contribution in [0.25, 0.3) is 12.0 Å². The van der Waals surface area contributed by atoms with E-state index in [-0.39, 0.29) is 5.95 Å². The molecule has 16 heavy (non-hydrogen) atoms. The Morgan fingerprint density at radius 2 is 2.12 bits per heavy atom. The molecule has 1 aromatic carbocycles. The van der Waals surface area contributed by atoms with Crippen molar-refractivity contribution in [2.45, 2.75) is 0 Å². The zero-order chi connectivity index (χ0) is 11.4. The van der Waals surface area contributed by atoms with Gasteiger partial charge in [-0.15, -0.1) is 0 Å². The lowest BCUT2D eigenvalue weighted by Gasteiger charge is -2.00. The Kier molecular flexibility index (Phi) is 3.00. The summed E-state index contributed by atoms with van der Waals surface area (Å²) in [5.41, 5.74) is 0.770. The van der Waals surface area contributed by atoms with Crippen LogP contribution in [0.1, 0.15) is 5.56 Å². The van der Waals surface area contributed by atoms with E-state index in [1.54, 1.807) is 37.6 Å². The first kappa shape index (κ1) is 10.4. The highest BCUT2D eigenvalue weighted by Gasteiger charge is 1.98. The van der Waals surface area contributed by atoms with Crippen LogP contribution in [-0.2, 0) is 0 Å². The number of rotatable bonds is 3. The summed E-state index contributed by atoms with van der Waals surface area (Å²) in [5, 5.41) is 0. The van der Waals surface area contributed by atoms with Gasteiger partial charge in [-0.05, 0) is 23.8 Å². The fraction of sp³-hybridized carbons (Fsp3) is 0.0833. The van der Waals surface area contributed by atoms with E-state index in [0.717, 1.165) is 11.3 Å². The van der Waals surface area contributed by atoms with Gasteiger partial charge < -0.3 is 4.74 Å². The van der Waals surface area contributed by atoms with Gasteiger partial charge in [0.15, 0.2) is 5.95 Å². The lowest BCUT2D eigenvalue weighted by Crippen LogP contribution is -1.87. The van der Waals surface area contributed by atoms with E-state index < -0.39 is 0 Å². The van der Waals surface area contributed by atoms with Crippen LogP contribution < -0.4 is 4.74 Å². The molecule has 0 saturated heterocycles. The van der Waals surface area contributed by atoms with E-state index in [9.17, 15) is 4.39 Å². The third kappa shape index (κ3) is 2.28. The van der Waals surface area contributed by atoms with Crippen molar-refractivity contribution in [3.05, 3.63) is 48.5 Å². The monoisotopic (exact) mass is 218 g/mol. The smallest absolute Gasteiger partial charge is 0.199 e. The van der Waals surface area contributed by atoms with Gasteiger partial charge in [0.2, 0.25) is 0 Å². The highest BCUT2D eigenvalue weighted by atomic mass is 19.1. The van der Waals surface area contributed by atoms with Crippen molar-refractivity contribution in [1.29, 1.82) is 0 Å². The minimum atomic E-state index is -0.373. The van der Waals surface area contributed by atoms with Crippen LogP contribution in [0.5, 0.6) is 5.75 Å². The summed E-state index contributed by atoms with van der Waals surface area (Å²) in [7, 11) is 1.59. The van der Waals surface area contributed by atoms with Crippen molar-refractivity contribution in [3.8, 4) is 5.75 Å². The van der Waals surface area contributed by atoms with Gasteiger partial charge in [-0.3, -0.25) is 4.57 Å². The Morgan fingerprint density at radius 3 is 2.69 bits per heavy atom. The van der Waals surface area contributed by atoms with Crippen LogP contribution in [0.3, 0.4) is 0 Å². The molecule has 3 nitrogen and oxygen atoms in total. The van der Waals surface area contributed by atoms with Gasteiger partial charge in [0, 0.05) is 12.4 Å². The van der Waals surface area contributed by atoms with Crippen LogP contribution in [0, 0.1) is 0 Å². The van der Waals surface area contributed by atoms with Crippen molar-refractivity contribution >= 4 is 12.0 Å². The van der Waals surface area contributed by atoms with Gasteiger partial charge >= 0.3 is 0 Å². The van der Waals surface area contributed by atoms with Gasteiger partial charge in [0.05, 0.1) is 7.11 Å². The number of hydrogen-bond acceptors (Lipinski definition) is 2. The van der Waals surface area contributed by atoms with Crippen LogP contribution in [0.4, 0.5) is 4.39 Å². The molecule has 2 aromatic rings. The summed E-state index contributed by atoms with van der Waals surface area (Å²) < 4.78 is 19.9. The van der Waals surface area contributed by atoms with Gasteiger partial charge in [0.25, 0.3) is 0 Å². The maximum atomic E-state index is 13.6. The first-order valence-corrected chi connectivity index (χ1v) is 4.79. The summed E-state index contributed by atoms with van der Waals surface area (Å²) in [5.74, 6) is 0.378. The standard InChI is InChI=1S/C12H11FN2O/c1-16-11-4-2-10(3-5-11)8-12(13)15-7-6-14-9-15/h2-9H,1H3/b12-8-. The first-order chi connectivity index (χ1) is 7.79. The first-order valence-electron chi connectivity index (χ1n) is 4.79. The normalized spacial score (nSPS) is 11.5. The molecule has 0 unspecified atom stereocenters. The molecule has 0 aliphatic rings. The fourth-order valence-electron chi connectivity index (χ4n) is 1.30. The quantitative estimate of drug-likeness (QED) is 0.792. The summed E-state index contributed by atoms with van der Waals surface area (Å²) in [6.45, 7) is 0. The van der Waals surface area contributed by atoms with Gasteiger partial charge in [-0.25, -0.2) is 4.98 Å². The predicted molar refractivity (Wildman–Crippen MR) is 60.5 cm³/mol. The second kappa shape index (κ2) is 4.61. The number of benzene rings is 1. The minimum Gasteiger partial charge on any atom is -0.497 e. The third-order valence-corrected chi connectivity index (χ3v) is 2.15. The Hall–Kier alpha value is -2.10. The second-order valence-corrected chi connectivity index (χ2v) is 3.21. The van der Waals surface area contributed by atoms with Crippen LogP contribution >= 0.6 is 0 Å². The zero-order valence-electron chi connectivity index (χ0n) is 8.80. The SMILES string of the molecule is COc1ccc(/C=C(/F)n2ccnc2)cc1. The molecule has 4 heteroatoms. The molecule has 0 spiro atoms. The molecule has 82 valence electrons. The molecule has 0 fully saturated rings. The van der Waals surface area contributed by atoms with Crippen molar-refractivity contribution < 1.29 is 9.13 Å². The van der Waals surface area contributed by atoms with E-state index in [1.165, 1.54) is 23.2 Å². The number of imidazole rings is 1. The van der Waals surface area contributed by atoms with Crippen molar-refractivity contribution in [2.24, 2.45) is 0 Å². The molecule has 2 rings (SSSR count). The maximum absolute atomic E-state index is 13.6. The molecule has 0 atom stereocenters. The Bertz CT molecular complexity index is 474. The number of aromatic nitrogens is 2. The average molecular weight is 218 g/mol. The molecular weight excluding hydrogens is 207 g/mol. The number of nitrogens with zero attached hydrogens (tertiary/aromatic N) is 2. The second-order valence-electron chi connectivity index (χ2n) is 3.21. The lowest BCUT2D eigenvalue weighted by molar-refractivity contribution is 0.415. The van der Waals surface area contributed by atoms with Crippen molar-refractivity contribution in [3.63, 3.8) is 0 Å². The van der Waals surface area contributed by atoms with E-state index in [1.807, 2.05) is 0 Å². The Balaban J connectivity index is 2.22. The Labute approximate surface area is 92.8 Å². The number of ether oxygens (including phenoxy) is 1. The number of hydrogen-bond donors (Lipinski definition) is 0. The van der Waals surface area contributed by atoms with Gasteiger partial charge in [0.1, 0.15) is 12.1 Å². The largest absolute Gasteiger partial charge is 0.497 e. The summed E-state index contributed by atoms with van der Waals surface area (Å²) in [4.78, 5) is 3.77. The molecule has 1 heterocycles. The lowest BCUT2D eigenvalue weighted by atomic mass is 10.2. The van der Waals surface area contributed by atoms with E-state index in [4.69, 9.17) is 4.74 Å². The van der Waals surface area contributed by atoms with E-state index in [2.05, 4.69) is 4.98 Å².